The highest BCUT2D eigenvalue weighted by Crippen LogP contribution is 2.06. The number of benzene rings is 1. The van der Waals surface area contributed by atoms with Crippen LogP contribution in [0.4, 0.5) is 0 Å². The molecule has 0 atom stereocenters. The van der Waals surface area contributed by atoms with Crippen LogP contribution in [0, 0.1) is 0 Å². The van der Waals surface area contributed by atoms with Crippen molar-refractivity contribution in [3.63, 3.8) is 0 Å². The highest BCUT2D eigenvalue weighted by atomic mass is 16.1. The molecule has 1 aromatic rings. The molecule has 0 aliphatic carbocycles. The van der Waals surface area contributed by atoms with Crippen LogP contribution in [-0.2, 0) is 4.79 Å². The molecule has 2 nitrogen and oxygen atoms in total. The maximum Gasteiger partial charge on any atom is 0.246 e. The van der Waals surface area contributed by atoms with Gasteiger partial charge >= 0.3 is 0 Å². The lowest BCUT2D eigenvalue weighted by molar-refractivity contribution is -0.117. The Morgan fingerprint density at radius 3 is 2.59 bits per heavy atom. The largest absolute Gasteiger partial charge is 0.352 e. The fourth-order valence-corrected chi connectivity index (χ4v) is 1.58. The van der Waals surface area contributed by atoms with E-state index in [-0.39, 0.29) is 5.91 Å². The highest BCUT2D eigenvalue weighted by Gasteiger charge is 2.02. The molecule has 0 radical (unpaired) electrons. The Kier molecular flexibility index (Phi) is 6.08. The van der Waals surface area contributed by atoms with Crippen LogP contribution >= 0.6 is 0 Å². The van der Waals surface area contributed by atoms with E-state index in [0.717, 1.165) is 24.1 Å². The summed E-state index contributed by atoms with van der Waals surface area (Å²) >= 11 is 0. The van der Waals surface area contributed by atoms with E-state index < -0.39 is 0 Å². The van der Waals surface area contributed by atoms with Crippen LogP contribution in [0.3, 0.4) is 0 Å². The highest BCUT2D eigenvalue weighted by molar-refractivity contribution is 5.97. The topological polar surface area (TPSA) is 29.1 Å². The Bertz CT molecular complexity index is 368. The Hall–Kier alpha value is -1.57. The van der Waals surface area contributed by atoms with Crippen molar-refractivity contribution in [1.82, 2.24) is 5.32 Å². The van der Waals surface area contributed by atoms with E-state index in [4.69, 9.17) is 0 Å². The lowest BCUT2D eigenvalue weighted by atomic mass is 10.1. The molecule has 17 heavy (non-hydrogen) atoms. The number of carbonyl (C=O) groups excluding carboxylic acids is 1. The molecule has 0 spiro atoms. The van der Waals surface area contributed by atoms with Gasteiger partial charge in [0, 0.05) is 12.1 Å². The Morgan fingerprint density at radius 2 is 1.94 bits per heavy atom. The van der Waals surface area contributed by atoms with Crippen molar-refractivity contribution >= 4 is 12.0 Å². The summed E-state index contributed by atoms with van der Waals surface area (Å²) in [6, 6.07) is 9.90. The van der Waals surface area contributed by atoms with Crippen LogP contribution in [-0.4, -0.2) is 12.5 Å². The average molecular weight is 231 g/mol. The van der Waals surface area contributed by atoms with E-state index in [1.807, 2.05) is 43.3 Å². The second-order valence-electron chi connectivity index (χ2n) is 4.20. The molecule has 1 amide bonds. The van der Waals surface area contributed by atoms with Gasteiger partial charge in [-0.15, -0.1) is 0 Å². The quantitative estimate of drug-likeness (QED) is 0.590. The van der Waals surface area contributed by atoms with Gasteiger partial charge in [0.25, 0.3) is 0 Å². The van der Waals surface area contributed by atoms with Crippen LogP contribution in [0.15, 0.2) is 35.9 Å². The molecule has 0 saturated heterocycles. The lowest BCUT2D eigenvalue weighted by Gasteiger charge is -2.04. The number of rotatable bonds is 6. The minimum Gasteiger partial charge on any atom is -0.352 e. The maximum atomic E-state index is 11.7. The monoisotopic (exact) mass is 231 g/mol. The molecule has 1 N–H and O–H groups in total. The van der Waals surface area contributed by atoms with Crippen LogP contribution in [0.2, 0.25) is 0 Å². The maximum absolute atomic E-state index is 11.7. The molecule has 2 heteroatoms. The lowest BCUT2D eigenvalue weighted by Crippen LogP contribution is -2.24. The predicted octanol–water partition coefficient (Wildman–Crippen LogP) is 3.40. The number of unbranched alkanes of at least 4 members (excludes halogenated alkanes) is 2. The van der Waals surface area contributed by atoms with Gasteiger partial charge in [-0.1, -0.05) is 50.1 Å². The van der Waals surface area contributed by atoms with Crippen LogP contribution in [0.1, 0.15) is 38.7 Å². The zero-order valence-electron chi connectivity index (χ0n) is 10.7. The number of hydrogen-bond acceptors (Lipinski definition) is 1. The first kappa shape index (κ1) is 13.5. The zero-order valence-corrected chi connectivity index (χ0v) is 10.7. The first-order valence-electron chi connectivity index (χ1n) is 6.25. The van der Waals surface area contributed by atoms with Crippen molar-refractivity contribution in [2.75, 3.05) is 6.54 Å². The van der Waals surface area contributed by atoms with Crippen LogP contribution in [0.5, 0.6) is 0 Å². The molecular weight excluding hydrogens is 210 g/mol. The predicted molar refractivity (Wildman–Crippen MR) is 72.6 cm³/mol. The molecule has 0 aliphatic heterocycles. The molecule has 0 heterocycles. The third-order valence-electron chi connectivity index (χ3n) is 2.61. The Balaban J connectivity index is 2.44. The molecule has 1 aromatic carbocycles. The summed E-state index contributed by atoms with van der Waals surface area (Å²) in [7, 11) is 0. The van der Waals surface area contributed by atoms with Crippen molar-refractivity contribution in [3.05, 3.63) is 41.5 Å². The smallest absolute Gasteiger partial charge is 0.246 e. The van der Waals surface area contributed by atoms with Gasteiger partial charge in [0.2, 0.25) is 5.91 Å². The van der Waals surface area contributed by atoms with Gasteiger partial charge in [0.1, 0.15) is 0 Å². The number of carbonyl (C=O) groups is 1. The normalized spacial score (nSPS) is 11.3. The van der Waals surface area contributed by atoms with Gasteiger partial charge in [0.15, 0.2) is 0 Å². The van der Waals surface area contributed by atoms with Crippen molar-refractivity contribution in [1.29, 1.82) is 0 Å². The molecule has 92 valence electrons. The third kappa shape index (κ3) is 5.34. The van der Waals surface area contributed by atoms with E-state index in [9.17, 15) is 4.79 Å². The number of hydrogen-bond donors (Lipinski definition) is 1. The number of amides is 1. The van der Waals surface area contributed by atoms with E-state index >= 15 is 0 Å². The minimum absolute atomic E-state index is 0.0324. The summed E-state index contributed by atoms with van der Waals surface area (Å²) in [6.07, 6.45) is 5.31. The molecular formula is C15H21NO. The summed E-state index contributed by atoms with van der Waals surface area (Å²) in [5, 5.41) is 2.93. The second kappa shape index (κ2) is 7.66. The van der Waals surface area contributed by atoms with Gasteiger partial charge in [0.05, 0.1) is 0 Å². The first-order chi connectivity index (χ1) is 8.24. The average Bonchev–Trinajstić information content (AvgIpc) is 2.35. The standard InChI is InChI=1S/C15H21NO/c1-3-4-8-11-16-15(17)13(2)12-14-9-6-5-7-10-14/h5-7,9-10,12H,3-4,8,11H2,1-2H3,(H,16,17). The van der Waals surface area contributed by atoms with Crippen LogP contribution in [0.25, 0.3) is 6.08 Å². The van der Waals surface area contributed by atoms with Crippen molar-refractivity contribution in [2.24, 2.45) is 0 Å². The van der Waals surface area contributed by atoms with Gasteiger partial charge < -0.3 is 5.32 Å². The summed E-state index contributed by atoms with van der Waals surface area (Å²) in [6.45, 7) is 4.77. The van der Waals surface area contributed by atoms with E-state index in [2.05, 4.69) is 12.2 Å². The third-order valence-corrected chi connectivity index (χ3v) is 2.61. The minimum atomic E-state index is 0.0324. The summed E-state index contributed by atoms with van der Waals surface area (Å²) in [4.78, 5) is 11.7. The van der Waals surface area contributed by atoms with Crippen molar-refractivity contribution in [2.45, 2.75) is 33.1 Å². The summed E-state index contributed by atoms with van der Waals surface area (Å²) < 4.78 is 0. The zero-order chi connectivity index (χ0) is 12.5. The van der Waals surface area contributed by atoms with E-state index in [1.54, 1.807) is 0 Å². The fourth-order valence-electron chi connectivity index (χ4n) is 1.58. The number of nitrogens with one attached hydrogen (secondary N) is 1. The molecule has 1 rings (SSSR count). The first-order valence-corrected chi connectivity index (χ1v) is 6.25. The molecule has 0 bridgehead atoms. The summed E-state index contributed by atoms with van der Waals surface area (Å²) in [5.41, 5.74) is 1.82. The second-order valence-corrected chi connectivity index (χ2v) is 4.20. The molecule has 0 saturated carbocycles. The molecule has 0 aromatic heterocycles. The van der Waals surface area contributed by atoms with Gasteiger partial charge in [-0.05, 0) is 25.0 Å². The van der Waals surface area contributed by atoms with Gasteiger partial charge in [-0.25, -0.2) is 0 Å². The molecule has 0 aliphatic rings. The molecule has 0 unspecified atom stereocenters. The van der Waals surface area contributed by atoms with E-state index in [1.165, 1.54) is 12.8 Å². The van der Waals surface area contributed by atoms with E-state index in [0.29, 0.717) is 0 Å². The SMILES string of the molecule is CCCCCNC(=O)C(C)=Cc1ccccc1. The Morgan fingerprint density at radius 1 is 1.24 bits per heavy atom. The van der Waals surface area contributed by atoms with Gasteiger partial charge in [-0.2, -0.15) is 0 Å². The van der Waals surface area contributed by atoms with Crippen molar-refractivity contribution in [3.8, 4) is 0 Å². The van der Waals surface area contributed by atoms with Crippen molar-refractivity contribution < 1.29 is 4.79 Å². The van der Waals surface area contributed by atoms with Gasteiger partial charge in [-0.3, -0.25) is 4.79 Å². The van der Waals surface area contributed by atoms with Crippen LogP contribution < -0.4 is 5.32 Å². The molecule has 0 fully saturated rings. The summed E-state index contributed by atoms with van der Waals surface area (Å²) in [5.74, 6) is 0.0324. The fraction of sp³-hybridized carbons (Fsp3) is 0.400. The Labute approximate surface area is 104 Å².